The maximum Gasteiger partial charge on any atom is 0.241 e. The number of anilines is 1. The van der Waals surface area contributed by atoms with Gasteiger partial charge in [0.1, 0.15) is 5.82 Å². The molecule has 1 heterocycles. The van der Waals surface area contributed by atoms with E-state index in [2.05, 4.69) is 9.62 Å². The van der Waals surface area contributed by atoms with Crippen LogP contribution in [0, 0.1) is 5.82 Å². The van der Waals surface area contributed by atoms with Gasteiger partial charge in [-0.05, 0) is 42.5 Å². The maximum absolute atomic E-state index is 12.9. The number of benzene rings is 2. The van der Waals surface area contributed by atoms with Gasteiger partial charge in [-0.15, -0.1) is 0 Å². The van der Waals surface area contributed by atoms with Crippen LogP contribution in [-0.4, -0.2) is 51.9 Å². The summed E-state index contributed by atoms with van der Waals surface area (Å²) >= 11 is 6.01. The molecule has 144 valence electrons. The van der Waals surface area contributed by atoms with Crippen molar-refractivity contribution in [2.75, 3.05) is 37.6 Å². The normalized spacial score (nSPS) is 15.0. The molecule has 3 rings (SSSR count). The van der Waals surface area contributed by atoms with Crippen molar-refractivity contribution in [3.8, 4) is 0 Å². The molecule has 0 atom stereocenters. The van der Waals surface area contributed by atoms with Gasteiger partial charge in [-0.2, -0.15) is 0 Å². The summed E-state index contributed by atoms with van der Waals surface area (Å²) < 4.78 is 39.5. The predicted octanol–water partition coefficient (Wildman–Crippen LogP) is 2.11. The minimum Gasteiger partial charge on any atom is -0.368 e. The average molecular weight is 412 g/mol. The van der Waals surface area contributed by atoms with Crippen molar-refractivity contribution < 1.29 is 17.6 Å². The topological polar surface area (TPSA) is 69.7 Å². The van der Waals surface area contributed by atoms with E-state index in [-0.39, 0.29) is 17.3 Å². The Labute approximate surface area is 162 Å². The lowest BCUT2D eigenvalue weighted by molar-refractivity contribution is -0.130. The van der Waals surface area contributed by atoms with Gasteiger partial charge in [0, 0.05) is 36.9 Å². The maximum atomic E-state index is 12.9. The van der Waals surface area contributed by atoms with E-state index in [1.165, 1.54) is 0 Å². The minimum atomic E-state index is -3.86. The van der Waals surface area contributed by atoms with Gasteiger partial charge >= 0.3 is 0 Å². The molecule has 0 unspecified atom stereocenters. The zero-order chi connectivity index (χ0) is 19.4. The van der Waals surface area contributed by atoms with Crippen molar-refractivity contribution in [2.45, 2.75) is 4.90 Å². The van der Waals surface area contributed by atoms with E-state index in [4.69, 9.17) is 11.6 Å². The third-order valence-electron chi connectivity index (χ3n) is 4.34. The molecule has 0 bridgehead atoms. The highest BCUT2D eigenvalue weighted by Gasteiger charge is 2.23. The lowest BCUT2D eigenvalue weighted by Gasteiger charge is -2.36. The first-order chi connectivity index (χ1) is 12.8. The number of nitrogens with one attached hydrogen (secondary N) is 1. The SMILES string of the molecule is O=C(CNS(=O)(=O)c1ccc(F)cc1)N1CCN(c2cccc(Cl)c2)CC1. The molecule has 1 saturated heterocycles. The van der Waals surface area contributed by atoms with Crippen LogP contribution in [0.3, 0.4) is 0 Å². The molecule has 0 saturated carbocycles. The van der Waals surface area contributed by atoms with Crippen LogP contribution in [0.1, 0.15) is 0 Å². The molecule has 6 nitrogen and oxygen atoms in total. The lowest BCUT2D eigenvalue weighted by Crippen LogP contribution is -2.51. The van der Waals surface area contributed by atoms with Crippen LogP contribution < -0.4 is 9.62 Å². The molecule has 9 heteroatoms. The molecule has 1 aliphatic rings. The van der Waals surface area contributed by atoms with Crippen LogP contribution in [0.5, 0.6) is 0 Å². The molecular formula is C18H19ClFN3O3S. The summed E-state index contributed by atoms with van der Waals surface area (Å²) in [5, 5.41) is 0.654. The Bertz CT molecular complexity index is 914. The van der Waals surface area contributed by atoms with Gasteiger partial charge in [0.25, 0.3) is 0 Å². The molecule has 1 amide bonds. The van der Waals surface area contributed by atoms with Crippen LogP contribution in [-0.2, 0) is 14.8 Å². The van der Waals surface area contributed by atoms with Crippen LogP contribution in [0.2, 0.25) is 5.02 Å². The van der Waals surface area contributed by atoms with Gasteiger partial charge < -0.3 is 9.80 Å². The number of amides is 1. The van der Waals surface area contributed by atoms with E-state index >= 15 is 0 Å². The number of rotatable bonds is 5. The lowest BCUT2D eigenvalue weighted by atomic mass is 10.2. The number of sulfonamides is 1. The second-order valence-corrected chi connectivity index (χ2v) is 8.33. The van der Waals surface area contributed by atoms with Crippen molar-refractivity contribution >= 4 is 33.2 Å². The number of halogens is 2. The molecular weight excluding hydrogens is 393 g/mol. The Balaban J connectivity index is 1.53. The number of hydrogen-bond donors (Lipinski definition) is 1. The summed E-state index contributed by atoms with van der Waals surface area (Å²) in [6.45, 7) is 1.91. The smallest absolute Gasteiger partial charge is 0.241 e. The fourth-order valence-electron chi connectivity index (χ4n) is 2.85. The van der Waals surface area contributed by atoms with E-state index in [0.717, 1.165) is 30.0 Å². The highest BCUT2D eigenvalue weighted by Crippen LogP contribution is 2.20. The fraction of sp³-hybridized carbons (Fsp3) is 0.278. The van der Waals surface area contributed by atoms with Crippen molar-refractivity contribution in [1.82, 2.24) is 9.62 Å². The van der Waals surface area contributed by atoms with Crippen molar-refractivity contribution in [1.29, 1.82) is 0 Å². The third-order valence-corrected chi connectivity index (χ3v) is 6.00. The molecule has 1 aliphatic heterocycles. The third kappa shape index (κ3) is 4.97. The Morgan fingerprint density at radius 3 is 2.37 bits per heavy atom. The number of piperazine rings is 1. The quantitative estimate of drug-likeness (QED) is 0.818. The Hall–Kier alpha value is -2.16. The second-order valence-electron chi connectivity index (χ2n) is 6.13. The average Bonchev–Trinajstić information content (AvgIpc) is 2.67. The Morgan fingerprint density at radius 2 is 1.74 bits per heavy atom. The Kier molecular flexibility index (Phi) is 5.98. The molecule has 1 fully saturated rings. The zero-order valence-electron chi connectivity index (χ0n) is 14.4. The molecule has 1 N–H and O–H groups in total. The largest absolute Gasteiger partial charge is 0.368 e. The van der Waals surface area contributed by atoms with Crippen molar-refractivity contribution in [3.63, 3.8) is 0 Å². The molecule has 0 radical (unpaired) electrons. The standard InChI is InChI=1S/C18H19ClFN3O3S/c19-14-2-1-3-16(12-14)22-8-10-23(11-9-22)18(24)13-21-27(25,26)17-6-4-15(20)5-7-17/h1-7,12,21H,8-11,13H2. The van der Waals surface area contributed by atoms with E-state index in [1.807, 2.05) is 18.2 Å². The van der Waals surface area contributed by atoms with Crippen molar-refractivity contribution in [3.05, 3.63) is 59.4 Å². The van der Waals surface area contributed by atoms with Crippen molar-refractivity contribution in [2.24, 2.45) is 0 Å². The van der Waals surface area contributed by atoms with Gasteiger partial charge in [0.2, 0.25) is 15.9 Å². The van der Waals surface area contributed by atoms with Gasteiger partial charge in [-0.25, -0.2) is 17.5 Å². The number of carbonyl (C=O) groups excluding carboxylic acids is 1. The van der Waals surface area contributed by atoms with Crippen LogP contribution >= 0.6 is 11.6 Å². The van der Waals surface area contributed by atoms with E-state index in [9.17, 15) is 17.6 Å². The zero-order valence-corrected chi connectivity index (χ0v) is 16.0. The molecule has 0 aliphatic carbocycles. The monoisotopic (exact) mass is 411 g/mol. The number of carbonyl (C=O) groups is 1. The molecule has 0 spiro atoms. The number of nitrogens with zero attached hydrogens (tertiary/aromatic N) is 2. The van der Waals surface area contributed by atoms with Gasteiger partial charge in [-0.3, -0.25) is 4.79 Å². The van der Waals surface area contributed by atoms with Gasteiger partial charge in [-0.1, -0.05) is 17.7 Å². The summed E-state index contributed by atoms with van der Waals surface area (Å²) in [5.74, 6) is -0.825. The highest BCUT2D eigenvalue weighted by molar-refractivity contribution is 7.89. The molecule has 2 aromatic rings. The summed E-state index contributed by atoms with van der Waals surface area (Å²) in [6, 6.07) is 11.9. The van der Waals surface area contributed by atoms with E-state index in [1.54, 1.807) is 11.0 Å². The second kappa shape index (κ2) is 8.24. The van der Waals surface area contributed by atoms with Gasteiger partial charge in [0.05, 0.1) is 11.4 Å². The first kappa shape index (κ1) is 19.6. The molecule has 0 aromatic heterocycles. The highest BCUT2D eigenvalue weighted by atomic mass is 35.5. The van der Waals surface area contributed by atoms with Crippen LogP contribution in [0.15, 0.2) is 53.4 Å². The summed E-state index contributed by atoms with van der Waals surface area (Å²) in [4.78, 5) is 16.0. The summed E-state index contributed by atoms with van der Waals surface area (Å²) in [5.41, 5.74) is 0.992. The fourth-order valence-corrected chi connectivity index (χ4v) is 4.01. The minimum absolute atomic E-state index is 0.0810. The van der Waals surface area contributed by atoms with Gasteiger partial charge in [0.15, 0.2) is 0 Å². The van der Waals surface area contributed by atoms with Crippen LogP contribution in [0.25, 0.3) is 0 Å². The predicted molar refractivity (Wildman–Crippen MR) is 102 cm³/mol. The van der Waals surface area contributed by atoms with Crippen LogP contribution in [0.4, 0.5) is 10.1 Å². The summed E-state index contributed by atoms with van der Waals surface area (Å²) in [7, 11) is -3.86. The first-order valence-electron chi connectivity index (χ1n) is 8.39. The van der Waals surface area contributed by atoms with E-state index < -0.39 is 15.8 Å². The molecule has 27 heavy (non-hydrogen) atoms. The first-order valence-corrected chi connectivity index (χ1v) is 10.2. The van der Waals surface area contributed by atoms with E-state index in [0.29, 0.717) is 31.2 Å². The Morgan fingerprint density at radius 1 is 1.07 bits per heavy atom. The number of hydrogen-bond acceptors (Lipinski definition) is 4. The molecule has 2 aromatic carbocycles. The summed E-state index contributed by atoms with van der Waals surface area (Å²) in [6.07, 6.45) is 0.